The Hall–Kier alpha value is -1.26. The molecular weight excluding hydrogens is 270 g/mol. The molecule has 1 N–H and O–H groups in total. The van der Waals surface area contributed by atoms with Gasteiger partial charge in [-0.3, -0.25) is 4.79 Å². The molecule has 0 aromatic rings. The molecule has 5 heteroatoms. The van der Waals surface area contributed by atoms with Crippen LogP contribution in [0.4, 0.5) is 4.79 Å². The van der Waals surface area contributed by atoms with Crippen LogP contribution in [0.1, 0.15) is 59.8 Å². The Morgan fingerprint density at radius 3 is 2.19 bits per heavy atom. The number of carbonyl (C=O) groups excluding carboxylic acids is 2. The van der Waals surface area contributed by atoms with E-state index in [4.69, 9.17) is 9.47 Å². The Morgan fingerprint density at radius 1 is 1.19 bits per heavy atom. The standard InChI is InChI=1S/C10H19NO4.C6H10/c1-5-8(12)14-7-6-11-9(13)15-10(2,3)4;1-2-5-4-6(5)3-1/h5-7H2,1-4H3,(H,11,13);5-6H,1-4H2. The molecule has 0 aromatic heterocycles. The molecule has 2 saturated carbocycles. The fourth-order valence-corrected chi connectivity index (χ4v) is 2.39. The quantitative estimate of drug-likeness (QED) is 0.639. The lowest BCUT2D eigenvalue weighted by atomic mass is 10.2. The van der Waals surface area contributed by atoms with Crippen LogP contribution in [0.25, 0.3) is 0 Å². The van der Waals surface area contributed by atoms with Crippen molar-refractivity contribution in [3.05, 3.63) is 0 Å². The van der Waals surface area contributed by atoms with E-state index in [2.05, 4.69) is 5.32 Å². The molecule has 122 valence electrons. The molecule has 2 atom stereocenters. The number of fused-ring (bicyclic) bond motifs is 1. The molecule has 0 heterocycles. The number of esters is 1. The first-order valence-electron chi connectivity index (χ1n) is 7.94. The highest BCUT2D eigenvalue weighted by atomic mass is 16.6. The largest absolute Gasteiger partial charge is 0.464 e. The van der Waals surface area contributed by atoms with E-state index >= 15 is 0 Å². The average Bonchev–Trinajstić information content (AvgIpc) is 2.99. The van der Waals surface area contributed by atoms with Gasteiger partial charge in [0.05, 0.1) is 6.54 Å². The number of ether oxygens (including phenoxy) is 2. The first kappa shape index (κ1) is 17.8. The first-order chi connectivity index (χ1) is 9.81. The van der Waals surface area contributed by atoms with Gasteiger partial charge in [0, 0.05) is 6.42 Å². The second-order valence-electron chi connectivity index (χ2n) is 6.69. The molecule has 21 heavy (non-hydrogen) atoms. The normalized spacial score (nSPS) is 22.5. The third-order valence-electron chi connectivity index (χ3n) is 3.54. The highest BCUT2D eigenvalue weighted by molar-refractivity contribution is 5.69. The Bertz CT molecular complexity index is 341. The second-order valence-corrected chi connectivity index (χ2v) is 6.69. The monoisotopic (exact) mass is 299 g/mol. The van der Waals surface area contributed by atoms with Crippen molar-refractivity contribution in [1.82, 2.24) is 5.32 Å². The average molecular weight is 299 g/mol. The summed E-state index contributed by atoms with van der Waals surface area (Å²) in [6, 6.07) is 0. The van der Waals surface area contributed by atoms with Gasteiger partial charge in [0.1, 0.15) is 12.2 Å². The van der Waals surface area contributed by atoms with Crippen molar-refractivity contribution in [2.75, 3.05) is 13.2 Å². The van der Waals surface area contributed by atoms with E-state index in [0.717, 1.165) is 0 Å². The van der Waals surface area contributed by atoms with Crippen molar-refractivity contribution in [2.45, 2.75) is 65.4 Å². The molecule has 2 rings (SSSR count). The molecule has 0 bridgehead atoms. The van der Waals surface area contributed by atoms with Crippen LogP contribution in [-0.4, -0.2) is 30.8 Å². The van der Waals surface area contributed by atoms with Crippen LogP contribution in [0, 0.1) is 11.8 Å². The van der Waals surface area contributed by atoms with Crippen LogP contribution < -0.4 is 5.32 Å². The van der Waals surface area contributed by atoms with E-state index in [0.29, 0.717) is 6.42 Å². The van der Waals surface area contributed by atoms with E-state index in [-0.39, 0.29) is 19.1 Å². The molecule has 5 nitrogen and oxygen atoms in total. The highest BCUT2D eigenvalue weighted by Gasteiger charge is 2.40. The second kappa shape index (κ2) is 8.25. The lowest BCUT2D eigenvalue weighted by Crippen LogP contribution is -2.34. The summed E-state index contributed by atoms with van der Waals surface area (Å²) >= 11 is 0. The van der Waals surface area contributed by atoms with Gasteiger partial charge in [0.15, 0.2) is 0 Å². The number of carbonyl (C=O) groups is 2. The molecule has 2 aliphatic carbocycles. The van der Waals surface area contributed by atoms with Crippen LogP contribution in [0.3, 0.4) is 0 Å². The van der Waals surface area contributed by atoms with Gasteiger partial charge < -0.3 is 14.8 Å². The third-order valence-corrected chi connectivity index (χ3v) is 3.54. The summed E-state index contributed by atoms with van der Waals surface area (Å²) in [5.74, 6) is 2.15. The van der Waals surface area contributed by atoms with Gasteiger partial charge in [-0.05, 0) is 39.0 Å². The van der Waals surface area contributed by atoms with E-state index in [1.165, 1.54) is 18.3 Å². The zero-order valence-electron chi connectivity index (χ0n) is 13.7. The van der Waals surface area contributed by atoms with Crippen molar-refractivity contribution in [2.24, 2.45) is 11.8 Å². The third kappa shape index (κ3) is 8.58. The molecule has 2 fully saturated rings. The predicted molar refractivity (Wildman–Crippen MR) is 80.9 cm³/mol. The first-order valence-corrected chi connectivity index (χ1v) is 7.94. The minimum absolute atomic E-state index is 0.173. The van der Waals surface area contributed by atoms with E-state index < -0.39 is 11.7 Å². The van der Waals surface area contributed by atoms with E-state index in [9.17, 15) is 9.59 Å². The van der Waals surface area contributed by atoms with Gasteiger partial charge in [-0.2, -0.15) is 0 Å². The smallest absolute Gasteiger partial charge is 0.407 e. The molecule has 0 saturated heterocycles. The van der Waals surface area contributed by atoms with Crippen LogP contribution in [0.15, 0.2) is 0 Å². The SMILES string of the molecule is C1CC2CC2C1.CCC(=O)OCCNC(=O)OC(C)(C)C. The Kier molecular flexibility index (Phi) is 6.99. The maximum atomic E-state index is 11.1. The topological polar surface area (TPSA) is 64.6 Å². The minimum Gasteiger partial charge on any atom is -0.464 e. The van der Waals surface area contributed by atoms with Gasteiger partial charge in [0.2, 0.25) is 0 Å². The summed E-state index contributed by atoms with van der Waals surface area (Å²) in [5, 5.41) is 2.48. The van der Waals surface area contributed by atoms with Crippen LogP contribution >= 0.6 is 0 Å². The number of hydrogen-bond acceptors (Lipinski definition) is 4. The van der Waals surface area contributed by atoms with E-state index in [1.807, 2.05) is 0 Å². The molecular formula is C16H29NO4. The van der Waals surface area contributed by atoms with E-state index in [1.54, 1.807) is 47.0 Å². The number of alkyl carbamates (subject to hydrolysis) is 1. The fourth-order valence-electron chi connectivity index (χ4n) is 2.39. The van der Waals surface area contributed by atoms with Crippen molar-refractivity contribution in [3.8, 4) is 0 Å². The maximum absolute atomic E-state index is 11.1. The molecule has 0 radical (unpaired) electrons. The number of amides is 1. The summed E-state index contributed by atoms with van der Waals surface area (Å²) in [6.07, 6.45) is 6.08. The summed E-state index contributed by atoms with van der Waals surface area (Å²) in [6.45, 7) is 7.49. The number of rotatable bonds is 4. The van der Waals surface area contributed by atoms with Gasteiger partial charge >= 0.3 is 12.1 Å². The van der Waals surface area contributed by atoms with Crippen LogP contribution in [0.5, 0.6) is 0 Å². The zero-order chi connectivity index (χ0) is 15.9. The maximum Gasteiger partial charge on any atom is 0.407 e. The highest BCUT2D eigenvalue weighted by Crippen LogP contribution is 2.51. The summed E-state index contributed by atoms with van der Waals surface area (Å²) in [4.78, 5) is 21.8. The van der Waals surface area contributed by atoms with Crippen LogP contribution in [0.2, 0.25) is 0 Å². The molecule has 0 aliphatic heterocycles. The lowest BCUT2D eigenvalue weighted by Gasteiger charge is -2.19. The molecule has 2 unspecified atom stereocenters. The fraction of sp³-hybridized carbons (Fsp3) is 0.875. The summed E-state index contributed by atoms with van der Waals surface area (Å²) < 4.78 is 9.74. The molecule has 2 aliphatic rings. The van der Waals surface area contributed by atoms with Crippen molar-refractivity contribution < 1.29 is 19.1 Å². The Balaban J connectivity index is 0.000000294. The number of hydrogen-bond donors (Lipinski definition) is 1. The zero-order valence-corrected chi connectivity index (χ0v) is 13.7. The Morgan fingerprint density at radius 2 is 1.81 bits per heavy atom. The lowest BCUT2D eigenvalue weighted by molar-refractivity contribution is -0.143. The van der Waals surface area contributed by atoms with Gasteiger partial charge in [-0.1, -0.05) is 26.2 Å². The van der Waals surface area contributed by atoms with Crippen LogP contribution in [-0.2, 0) is 14.3 Å². The molecule has 0 spiro atoms. The predicted octanol–water partition coefficient (Wildman–Crippen LogP) is 3.27. The number of nitrogens with one attached hydrogen (secondary N) is 1. The molecule has 0 aromatic carbocycles. The molecule has 1 amide bonds. The van der Waals surface area contributed by atoms with Gasteiger partial charge in [-0.15, -0.1) is 0 Å². The van der Waals surface area contributed by atoms with Crippen molar-refractivity contribution in [1.29, 1.82) is 0 Å². The summed E-state index contributed by atoms with van der Waals surface area (Å²) in [5.41, 5.74) is -0.510. The van der Waals surface area contributed by atoms with Crippen molar-refractivity contribution >= 4 is 12.1 Å². The van der Waals surface area contributed by atoms with Gasteiger partial charge in [0.25, 0.3) is 0 Å². The Labute approximate surface area is 127 Å². The van der Waals surface area contributed by atoms with Crippen molar-refractivity contribution in [3.63, 3.8) is 0 Å². The summed E-state index contributed by atoms with van der Waals surface area (Å²) in [7, 11) is 0. The van der Waals surface area contributed by atoms with Gasteiger partial charge in [-0.25, -0.2) is 4.79 Å². The minimum atomic E-state index is -0.510.